The number of sulfone groups is 1. The van der Waals surface area contributed by atoms with Crippen LogP contribution in [0.25, 0.3) is 0 Å². The fourth-order valence-corrected chi connectivity index (χ4v) is 4.31. The molecule has 1 aromatic rings. The molecule has 0 saturated heterocycles. The molecule has 20 heavy (non-hydrogen) atoms. The highest BCUT2D eigenvalue weighted by Crippen LogP contribution is 2.30. The zero-order valence-electron chi connectivity index (χ0n) is 12.6. The lowest BCUT2D eigenvalue weighted by Gasteiger charge is -2.22. The van der Waals surface area contributed by atoms with E-state index in [0.717, 1.165) is 13.0 Å². The molecule has 4 nitrogen and oxygen atoms in total. The molecule has 1 aromatic heterocycles. The number of fused-ring (bicyclic) bond motifs is 1. The fourth-order valence-electron chi connectivity index (χ4n) is 2.99. The van der Waals surface area contributed by atoms with Crippen molar-refractivity contribution in [2.24, 2.45) is 0 Å². The van der Waals surface area contributed by atoms with Gasteiger partial charge in [0.05, 0.1) is 5.75 Å². The third-order valence-corrected chi connectivity index (χ3v) is 5.77. The standard InChI is InChI=1S/C15H26N2O2S/c1-3-9-20(18,19)10-8-17-11-13-6-5-7-15(16-4-2)14(13)12-17/h11-12,15-16H,3-10H2,1-2H3. The van der Waals surface area contributed by atoms with Crippen LogP contribution in [-0.2, 0) is 22.8 Å². The van der Waals surface area contributed by atoms with Gasteiger partial charge in [0.2, 0.25) is 0 Å². The van der Waals surface area contributed by atoms with E-state index in [1.807, 2.05) is 6.92 Å². The van der Waals surface area contributed by atoms with Crippen LogP contribution >= 0.6 is 0 Å². The van der Waals surface area contributed by atoms with E-state index >= 15 is 0 Å². The van der Waals surface area contributed by atoms with Gasteiger partial charge in [-0.1, -0.05) is 13.8 Å². The summed E-state index contributed by atoms with van der Waals surface area (Å²) in [6.45, 7) is 5.59. The lowest BCUT2D eigenvalue weighted by molar-refractivity contribution is 0.473. The molecule has 5 heteroatoms. The average molecular weight is 298 g/mol. The first-order valence-electron chi connectivity index (χ1n) is 7.68. The van der Waals surface area contributed by atoms with E-state index in [1.165, 1.54) is 24.0 Å². The quantitative estimate of drug-likeness (QED) is 0.840. The van der Waals surface area contributed by atoms with Gasteiger partial charge in [0.25, 0.3) is 0 Å². The minimum atomic E-state index is -2.89. The summed E-state index contributed by atoms with van der Waals surface area (Å²) in [6, 6.07) is 0.442. The van der Waals surface area contributed by atoms with Crippen molar-refractivity contribution in [3.8, 4) is 0 Å². The van der Waals surface area contributed by atoms with Gasteiger partial charge in [-0.05, 0) is 43.4 Å². The van der Waals surface area contributed by atoms with Gasteiger partial charge in [-0.25, -0.2) is 8.42 Å². The maximum Gasteiger partial charge on any atom is 0.152 e. The number of rotatable bonds is 7. The average Bonchev–Trinajstić information content (AvgIpc) is 2.81. The summed E-state index contributed by atoms with van der Waals surface area (Å²) in [7, 11) is -2.89. The first-order chi connectivity index (χ1) is 9.55. The predicted octanol–water partition coefficient (Wildman–Crippen LogP) is 2.30. The Bertz CT molecular complexity index is 534. The van der Waals surface area contributed by atoms with E-state index in [0.29, 0.717) is 24.8 Å². The van der Waals surface area contributed by atoms with Crippen LogP contribution in [0.4, 0.5) is 0 Å². The van der Waals surface area contributed by atoms with Crippen molar-refractivity contribution in [2.75, 3.05) is 18.1 Å². The van der Waals surface area contributed by atoms with Crippen molar-refractivity contribution < 1.29 is 8.42 Å². The van der Waals surface area contributed by atoms with Crippen molar-refractivity contribution in [3.63, 3.8) is 0 Å². The number of hydrogen-bond acceptors (Lipinski definition) is 3. The Labute approximate surface area is 122 Å². The van der Waals surface area contributed by atoms with Crippen LogP contribution in [0.3, 0.4) is 0 Å². The van der Waals surface area contributed by atoms with Crippen LogP contribution in [0.2, 0.25) is 0 Å². The molecule has 0 aliphatic heterocycles. The van der Waals surface area contributed by atoms with E-state index in [2.05, 4.69) is 29.2 Å². The number of aromatic nitrogens is 1. The molecule has 1 aliphatic carbocycles. The van der Waals surface area contributed by atoms with Crippen molar-refractivity contribution in [2.45, 2.75) is 52.1 Å². The molecule has 2 rings (SSSR count). The van der Waals surface area contributed by atoms with Gasteiger partial charge in [0, 0.05) is 30.7 Å². The van der Waals surface area contributed by atoms with Crippen LogP contribution in [0.15, 0.2) is 12.4 Å². The third-order valence-electron chi connectivity index (χ3n) is 3.94. The first kappa shape index (κ1) is 15.6. The maximum atomic E-state index is 11.8. The van der Waals surface area contributed by atoms with Crippen molar-refractivity contribution >= 4 is 9.84 Å². The predicted molar refractivity (Wildman–Crippen MR) is 82.7 cm³/mol. The number of aryl methyl sites for hydroxylation is 2. The fraction of sp³-hybridized carbons (Fsp3) is 0.733. The SMILES string of the molecule is CCCS(=O)(=O)CCn1cc2c(c1)C(NCC)CCC2. The van der Waals surface area contributed by atoms with E-state index < -0.39 is 9.84 Å². The molecule has 1 unspecified atom stereocenters. The van der Waals surface area contributed by atoms with E-state index in [-0.39, 0.29) is 5.75 Å². The Balaban J connectivity index is 2.04. The largest absolute Gasteiger partial charge is 0.353 e. The highest BCUT2D eigenvalue weighted by Gasteiger charge is 2.21. The third kappa shape index (κ3) is 3.85. The van der Waals surface area contributed by atoms with Gasteiger partial charge < -0.3 is 9.88 Å². The zero-order chi connectivity index (χ0) is 14.6. The molecule has 0 aromatic carbocycles. The van der Waals surface area contributed by atoms with Gasteiger partial charge in [0.15, 0.2) is 9.84 Å². The topological polar surface area (TPSA) is 51.1 Å². The van der Waals surface area contributed by atoms with Crippen molar-refractivity contribution in [1.82, 2.24) is 9.88 Å². The van der Waals surface area contributed by atoms with Crippen LogP contribution in [0.5, 0.6) is 0 Å². The van der Waals surface area contributed by atoms with Gasteiger partial charge in [0.1, 0.15) is 0 Å². The lowest BCUT2D eigenvalue weighted by Crippen LogP contribution is -2.23. The molecule has 1 heterocycles. The normalized spacial score (nSPS) is 19.0. The summed E-state index contributed by atoms with van der Waals surface area (Å²) in [5, 5.41) is 3.52. The molecular formula is C15H26N2O2S. The molecule has 0 radical (unpaired) electrons. The molecule has 114 valence electrons. The molecule has 0 spiro atoms. The Morgan fingerprint density at radius 3 is 2.80 bits per heavy atom. The minimum absolute atomic E-state index is 0.250. The van der Waals surface area contributed by atoms with Gasteiger partial charge in [-0.15, -0.1) is 0 Å². The summed E-state index contributed by atoms with van der Waals surface area (Å²) in [5.41, 5.74) is 2.75. The Morgan fingerprint density at radius 1 is 1.30 bits per heavy atom. The summed E-state index contributed by atoms with van der Waals surface area (Å²) < 4.78 is 25.6. The molecule has 1 N–H and O–H groups in total. The van der Waals surface area contributed by atoms with E-state index in [4.69, 9.17) is 0 Å². The number of nitrogens with zero attached hydrogens (tertiary/aromatic N) is 1. The second kappa shape index (κ2) is 6.76. The van der Waals surface area contributed by atoms with Crippen LogP contribution < -0.4 is 5.32 Å². The summed E-state index contributed by atoms with van der Waals surface area (Å²) in [5.74, 6) is 0.550. The Morgan fingerprint density at radius 2 is 2.10 bits per heavy atom. The monoisotopic (exact) mass is 298 g/mol. The summed E-state index contributed by atoms with van der Waals surface area (Å²) in [4.78, 5) is 0. The number of hydrogen-bond donors (Lipinski definition) is 1. The highest BCUT2D eigenvalue weighted by atomic mass is 32.2. The van der Waals surface area contributed by atoms with E-state index in [1.54, 1.807) is 0 Å². The molecule has 0 bridgehead atoms. The second-order valence-electron chi connectivity index (χ2n) is 5.63. The second-order valence-corrected chi connectivity index (χ2v) is 7.93. The van der Waals surface area contributed by atoms with Gasteiger partial charge in [-0.3, -0.25) is 0 Å². The van der Waals surface area contributed by atoms with Crippen molar-refractivity contribution in [1.29, 1.82) is 0 Å². The molecule has 0 fully saturated rings. The van der Waals surface area contributed by atoms with E-state index in [9.17, 15) is 8.42 Å². The molecule has 0 saturated carbocycles. The van der Waals surface area contributed by atoms with Crippen LogP contribution in [-0.4, -0.2) is 31.0 Å². The summed E-state index contributed by atoms with van der Waals surface area (Å²) >= 11 is 0. The molecule has 0 amide bonds. The lowest BCUT2D eigenvalue weighted by atomic mass is 9.91. The first-order valence-corrected chi connectivity index (χ1v) is 9.50. The smallest absolute Gasteiger partial charge is 0.152 e. The Hall–Kier alpha value is -0.810. The zero-order valence-corrected chi connectivity index (χ0v) is 13.4. The van der Waals surface area contributed by atoms with Crippen LogP contribution in [0, 0.1) is 0 Å². The molecular weight excluding hydrogens is 272 g/mol. The summed E-state index contributed by atoms with van der Waals surface area (Å²) in [6.07, 6.45) is 8.49. The maximum absolute atomic E-state index is 11.8. The van der Waals surface area contributed by atoms with Crippen molar-refractivity contribution in [3.05, 3.63) is 23.5 Å². The minimum Gasteiger partial charge on any atom is -0.353 e. The molecule has 1 aliphatic rings. The molecule has 1 atom stereocenters. The van der Waals surface area contributed by atoms with Crippen LogP contribution in [0.1, 0.15) is 50.3 Å². The number of nitrogens with one attached hydrogen (secondary N) is 1. The highest BCUT2D eigenvalue weighted by molar-refractivity contribution is 7.91. The van der Waals surface area contributed by atoms with Gasteiger partial charge >= 0.3 is 0 Å². The van der Waals surface area contributed by atoms with Gasteiger partial charge in [-0.2, -0.15) is 0 Å². The Kier molecular flexibility index (Phi) is 5.27.